The molecule has 2 rings (SSSR count). The Morgan fingerprint density at radius 1 is 1.48 bits per heavy atom. The number of aliphatic hydroxyl groups is 1. The molecule has 1 saturated heterocycles. The fourth-order valence-corrected chi connectivity index (χ4v) is 2.85. The van der Waals surface area contributed by atoms with Crippen molar-refractivity contribution in [1.29, 1.82) is 0 Å². The van der Waals surface area contributed by atoms with Crippen LogP contribution in [0.15, 0.2) is 18.2 Å². The van der Waals surface area contributed by atoms with Crippen LogP contribution in [0.3, 0.4) is 0 Å². The Labute approximate surface area is 136 Å². The lowest BCUT2D eigenvalue weighted by Gasteiger charge is -2.29. The van der Waals surface area contributed by atoms with Gasteiger partial charge >= 0.3 is 6.09 Å². The van der Waals surface area contributed by atoms with Crippen LogP contribution in [0.25, 0.3) is 0 Å². The maximum Gasteiger partial charge on any atom is 0.408 e. The molecule has 1 aromatic carbocycles. The van der Waals surface area contributed by atoms with Gasteiger partial charge in [-0.1, -0.05) is 12.1 Å². The third-order valence-electron chi connectivity index (χ3n) is 3.83. The third-order valence-corrected chi connectivity index (χ3v) is 3.83. The predicted octanol–water partition coefficient (Wildman–Crippen LogP) is 2.81. The zero-order valence-electron chi connectivity index (χ0n) is 14.1. The molecule has 1 heterocycles. The van der Waals surface area contributed by atoms with Gasteiger partial charge in [0, 0.05) is 18.7 Å². The van der Waals surface area contributed by atoms with Crippen LogP contribution in [0.1, 0.15) is 39.7 Å². The van der Waals surface area contributed by atoms with Gasteiger partial charge in [0.2, 0.25) is 0 Å². The number of carbonyl (C=O) groups excluding carboxylic acids is 1. The average Bonchev–Trinajstić information content (AvgIpc) is 2.77. The lowest BCUT2D eigenvalue weighted by molar-refractivity contribution is 0.0473. The first kappa shape index (κ1) is 17.5. The summed E-state index contributed by atoms with van der Waals surface area (Å²) >= 11 is 0. The molecule has 1 fully saturated rings. The van der Waals surface area contributed by atoms with E-state index in [1.165, 1.54) is 6.07 Å². The van der Waals surface area contributed by atoms with Crippen LogP contribution in [0, 0.1) is 5.82 Å². The molecule has 1 unspecified atom stereocenters. The molecule has 1 aliphatic heterocycles. The first-order valence-corrected chi connectivity index (χ1v) is 7.78. The quantitative estimate of drug-likeness (QED) is 0.897. The number of ether oxygens (including phenoxy) is 1. The van der Waals surface area contributed by atoms with Gasteiger partial charge in [-0.2, -0.15) is 0 Å². The van der Waals surface area contributed by atoms with Crippen molar-refractivity contribution in [2.24, 2.45) is 0 Å². The zero-order valence-corrected chi connectivity index (χ0v) is 14.1. The van der Waals surface area contributed by atoms with Crippen molar-refractivity contribution in [1.82, 2.24) is 5.32 Å². The van der Waals surface area contributed by atoms with E-state index in [9.17, 15) is 14.3 Å². The van der Waals surface area contributed by atoms with Crippen molar-refractivity contribution >= 4 is 11.8 Å². The number of carbonyl (C=O) groups is 1. The molecule has 2 N–H and O–H groups in total. The van der Waals surface area contributed by atoms with Crippen molar-refractivity contribution in [3.05, 3.63) is 29.6 Å². The number of aliphatic hydroxyl groups excluding tert-OH is 1. The Morgan fingerprint density at radius 3 is 2.78 bits per heavy atom. The minimum absolute atomic E-state index is 0.222. The summed E-state index contributed by atoms with van der Waals surface area (Å²) in [5.74, 6) is -0.363. The molecular weight excluding hydrogens is 299 g/mol. The maximum absolute atomic E-state index is 14.2. The number of nitrogens with zero attached hydrogens (tertiary/aromatic N) is 1. The van der Waals surface area contributed by atoms with Gasteiger partial charge < -0.3 is 20.1 Å². The summed E-state index contributed by atoms with van der Waals surface area (Å²) in [7, 11) is 0. The van der Waals surface area contributed by atoms with E-state index in [4.69, 9.17) is 4.74 Å². The summed E-state index contributed by atoms with van der Waals surface area (Å²) in [6.07, 6.45) is 0.198. The van der Waals surface area contributed by atoms with Gasteiger partial charge in [0.05, 0.1) is 17.8 Å². The molecule has 128 valence electrons. The predicted molar refractivity (Wildman–Crippen MR) is 86.9 cm³/mol. The van der Waals surface area contributed by atoms with E-state index in [-0.39, 0.29) is 12.4 Å². The fraction of sp³-hybridized carbons (Fsp3) is 0.588. The van der Waals surface area contributed by atoms with Crippen LogP contribution in [0.2, 0.25) is 0 Å². The first-order chi connectivity index (χ1) is 10.6. The van der Waals surface area contributed by atoms with Crippen molar-refractivity contribution in [3.8, 4) is 0 Å². The number of benzene rings is 1. The van der Waals surface area contributed by atoms with Crippen LogP contribution in [0.4, 0.5) is 14.9 Å². The van der Waals surface area contributed by atoms with Crippen LogP contribution >= 0.6 is 0 Å². The Bertz CT molecular complexity index is 586. The molecule has 0 aliphatic carbocycles. The number of hydrogen-bond donors (Lipinski definition) is 2. The Balaban J connectivity index is 2.10. The number of para-hydroxylation sites is 1. The highest BCUT2D eigenvalue weighted by Gasteiger charge is 2.37. The summed E-state index contributed by atoms with van der Waals surface area (Å²) in [6, 6.07) is 4.67. The first-order valence-electron chi connectivity index (χ1n) is 7.78. The Hall–Kier alpha value is -1.82. The second-order valence-electron chi connectivity index (χ2n) is 7.26. The molecule has 1 amide bonds. The number of anilines is 1. The molecule has 0 saturated carbocycles. The number of alkyl carbamates (subject to hydrolysis) is 1. The number of rotatable bonds is 3. The molecule has 1 atom stereocenters. The molecule has 5 nitrogen and oxygen atoms in total. The van der Waals surface area contributed by atoms with Crippen molar-refractivity contribution in [2.45, 2.75) is 51.9 Å². The van der Waals surface area contributed by atoms with Crippen LogP contribution in [-0.4, -0.2) is 35.4 Å². The molecule has 6 heteroatoms. The fourth-order valence-electron chi connectivity index (χ4n) is 2.85. The number of hydrogen-bond acceptors (Lipinski definition) is 4. The highest BCUT2D eigenvalue weighted by Crippen LogP contribution is 2.31. The second kappa shape index (κ2) is 6.35. The van der Waals surface area contributed by atoms with E-state index in [1.54, 1.807) is 12.1 Å². The lowest BCUT2D eigenvalue weighted by atomic mass is 10.0. The van der Waals surface area contributed by atoms with Crippen molar-refractivity contribution in [3.63, 3.8) is 0 Å². The van der Waals surface area contributed by atoms with Crippen molar-refractivity contribution < 1.29 is 19.0 Å². The smallest absolute Gasteiger partial charge is 0.408 e. The molecule has 0 bridgehead atoms. The summed E-state index contributed by atoms with van der Waals surface area (Å²) < 4.78 is 19.5. The van der Waals surface area contributed by atoms with E-state index in [2.05, 4.69) is 5.32 Å². The summed E-state index contributed by atoms with van der Waals surface area (Å²) in [5, 5.41) is 12.3. The van der Waals surface area contributed by atoms with E-state index >= 15 is 0 Å². The largest absolute Gasteiger partial charge is 0.444 e. The van der Waals surface area contributed by atoms with Crippen LogP contribution in [0.5, 0.6) is 0 Å². The standard InChI is InChI=1S/C17H25FN2O3/c1-16(2,3)23-15(22)19-17(4)8-9-20(11-17)14-12(10-21)6-5-7-13(14)18/h5-7,21H,8-11H2,1-4H3,(H,19,22). The normalized spacial score (nSPS) is 21.4. The number of amides is 1. The van der Waals surface area contributed by atoms with E-state index in [0.29, 0.717) is 30.8 Å². The van der Waals surface area contributed by atoms with E-state index in [0.717, 1.165) is 0 Å². The minimum Gasteiger partial charge on any atom is -0.444 e. The van der Waals surface area contributed by atoms with Gasteiger partial charge in [-0.3, -0.25) is 0 Å². The number of nitrogens with one attached hydrogen (secondary N) is 1. The van der Waals surface area contributed by atoms with E-state index in [1.807, 2.05) is 32.6 Å². The minimum atomic E-state index is -0.561. The van der Waals surface area contributed by atoms with Crippen LogP contribution in [-0.2, 0) is 11.3 Å². The summed E-state index contributed by atoms with van der Waals surface area (Å²) in [6.45, 7) is 8.17. The van der Waals surface area contributed by atoms with E-state index < -0.39 is 17.2 Å². The summed E-state index contributed by atoms with van der Waals surface area (Å²) in [4.78, 5) is 13.8. The monoisotopic (exact) mass is 324 g/mol. The molecule has 0 aromatic heterocycles. The van der Waals surface area contributed by atoms with Crippen molar-refractivity contribution in [2.75, 3.05) is 18.0 Å². The van der Waals surface area contributed by atoms with Gasteiger partial charge in [0.15, 0.2) is 0 Å². The second-order valence-corrected chi connectivity index (χ2v) is 7.26. The molecule has 1 aromatic rings. The molecule has 0 spiro atoms. The molecule has 23 heavy (non-hydrogen) atoms. The highest BCUT2D eigenvalue weighted by atomic mass is 19.1. The van der Waals surface area contributed by atoms with Gasteiger partial charge in [-0.05, 0) is 40.2 Å². The maximum atomic E-state index is 14.2. The van der Waals surface area contributed by atoms with Gasteiger partial charge in [-0.25, -0.2) is 9.18 Å². The topological polar surface area (TPSA) is 61.8 Å². The van der Waals surface area contributed by atoms with Crippen LogP contribution < -0.4 is 10.2 Å². The summed E-state index contributed by atoms with van der Waals surface area (Å²) in [5.41, 5.74) is -0.109. The molecular formula is C17H25FN2O3. The lowest BCUT2D eigenvalue weighted by Crippen LogP contribution is -2.49. The Morgan fingerprint density at radius 2 is 2.17 bits per heavy atom. The van der Waals surface area contributed by atoms with Gasteiger partial charge in [-0.15, -0.1) is 0 Å². The zero-order chi connectivity index (χ0) is 17.3. The van der Waals surface area contributed by atoms with Gasteiger partial charge in [0.1, 0.15) is 11.4 Å². The molecule has 1 aliphatic rings. The average molecular weight is 324 g/mol. The number of halogens is 1. The molecule has 0 radical (unpaired) electrons. The SMILES string of the molecule is CC1(NC(=O)OC(C)(C)C)CCN(c2c(F)cccc2CO)C1. The van der Waals surface area contributed by atoms with Gasteiger partial charge in [0.25, 0.3) is 0 Å². The third kappa shape index (κ3) is 4.34. The Kier molecular flexibility index (Phi) is 4.84. The highest BCUT2D eigenvalue weighted by molar-refractivity contribution is 5.69.